The average molecular weight is 440 g/mol. The predicted octanol–water partition coefficient (Wildman–Crippen LogP) is 5.09. The van der Waals surface area contributed by atoms with Crippen molar-refractivity contribution in [1.29, 1.82) is 0 Å². The summed E-state index contributed by atoms with van der Waals surface area (Å²) < 4.78 is 6.87. The Bertz CT molecular complexity index is 1350. The number of carbonyl (C=O) groups is 1. The molecular formula is C27H25N3O3. The Morgan fingerprint density at radius 3 is 2.00 bits per heavy atom. The molecule has 0 spiro atoms. The number of methoxy groups -OCH3 is 1. The van der Waals surface area contributed by atoms with E-state index >= 15 is 0 Å². The predicted molar refractivity (Wildman–Crippen MR) is 130 cm³/mol. The minimum Gasteiger partial charge on any atom is -0.497 e. The molecule has 33 heavy (non-hydrogen) atoms. The molecule has 0 atom stereocenters. The highest BCUT2D eigenvalue weighted by Crippen LogP contribution is 2.29. The monoisotopic (exact) mass is 439 g/mol. The first-order valence-corrected chi connectivity index (χ1v) is 10.6. The molecule has 4 aromatic rings. The summed E-state index contributed by atoms with van der Waals surface area (Å²) in [4.78, 5) is 26.5. The first-order chi connectivity index (χ1) is 15.9. The average Bonchev–Trinajstić information content (AvgIpc) is 2.82. The normalized spacial score (nSPS) is 10.7. The molecule has 6 nitrogen and oxygen atoms in total. The van der Waals surface area contributed by atoms with E-state index in [0.717, 1.165) is 16.8 Å². The molecule has 166 valence electrons. The van der Waals surface area contributed by atoms with E-state index in [0.29, 0.717) is 34.0 Å². The number of anilines is 1. The van der Waals surface area contributed by atoms with Crippen molar-refractivity contribution < 1.29 is 9.53 Å². The van der Waals surface area contributed by atoms with Crippen molar-refractivity contribution in [3.05, 3.63) is 105 Å². The van der Waals surface area contributed by atoms with Gasteiger partial charge in [0.2, 0.25) is 5.43 Å². The van der Waals surface area contributed by atoms with Gasteiger partial charge in [0.25, 0.3) is 5.91 Å². The number of hydrogen-bond acceptors (Lipinski definition) is 4. The van der Waals surface area contributed by atoms with Gasteiger partial charge in [-0.25, -0.2) is 4.68 Å². The van der Waals surface area contributed by atoms with E-state index in [4.69, 9.17) is 4.74 Å². The number of amides is 1. The summed E-state index contributed by atoms with van der Waals surface area (Å²) in [6.45, 7) is 5.63. The summed E-state index contributed by atoms with van der Waals surface area (Å²) in [5, 5.41) is 7.47. The summed E-state index contributed by atoms with van der Waals surface area (Å²) >= 11 is 0. The smallest absolute Gasteiger partial charge is 0.256 e. The third kappa shape index (κ3) is 4.55. The highest BCUT2D eigenvalue weighted by Gasteiger charge is 2.21. The first-order valence-electron chi connectivity index (χ1n) is 10.6. The standard InChI is InChI=1S/C27H25N3O3/c1-17-5-9-21(10-6-17)27(32)28-26-24(20-11-15-23(33-4)16-12-20)25(31)19(3)29-30(26)22-13-7-18(2)8-14-22/h5-16H,1-4H3,(H,28,32). The van der Waals surface area contributed by atoms with E-state index in [2.05, 4.69) is 10.4 Å². The van der Waals surface area contributed by atoms with Gasteiger partial charge in [-0.1, -0.05) is 47.5 Å². The van der Waals surface area contributed by atoms with Crippen LogP contribution in [-0.4, -0.2) is 22.8 Å². The number of nitrogens with zero attached hydrogens (tertiary/aromatic N) is 2. The zero-order chi connectivity index (χ0) is 23.5. The summed E-state index contributed by atoms with van der Waals surface area (Å²) in [7, 11) is 1.59. The van der Waals surface area contributed by atoms with Gasteiger partial charge in [0.05, 0.1) is 18.4 Å². The van der Waals surface area contributed by atoms with Gasteiger partial charge in [-0.2, -0.15) is 5.10 Å². The Balaban J connectivity index is 1.93. The van der Waals surface area contributed by atoms with Crippen molar-refractivity contribution in [3.8, 4) is 22.6 Å². The highest BCUT2D eigenvalue weighted by atomic mass is 16.5. The van der Waals surface area contributed by atoms with Gasteiger partial charge in [0.15, 0.2) is 0 Å². The van der Waals surface area contributed by atoms with Crippen LogP contribution in [0.3, 0.4) is 0 Å². The molecule has 3 aromatic carbocycles. The van der Waals surface area contributed by atoms with Crippen LogP contribution in [0, 0.1) is 20.8 Å². The molecule has 1 amide bonds. The summed E-state index contributed by atoms with van der Waals surface area (Å²) in [6.07, 6.45) is 0. The van der Waals surface area contributed by atoms with Crippen LogP contribution in [0.1, 0.15) is 27.2 Å². The second-order valence-electron chi connectivity index (χ2n) is 7.93. The van der Waals surface area contributed by atoms with Crippen LogP contribution >= 0.6 is 0 Å². The lowest BCUT2D eigenvalue weighted by atomic mass is 10.0. The Morgan fingerprint density at radius 1 is 0.848 bits per heavy atom. The van der Waals surface area contributed by atoms with Gasteiger partial charge >= 0.3 is 0 Å². The van der Waals surface area contributed by atoms with Crippen molar-refractivity contribution in [2.75, 3.05) is 12.4 Å². The fourth-order valence-corrected chi connectivity index (χ4v) is 3.54. The molecule has 1 heterocycles. The molecule has 6 heteroatoms. The molecule has 0 saturated heterocycles. The zero-order valence-electron chi connectivity index (χ0n) is 19.0. The molecule has 0 fully saturated rings. The maximum atomic E-state index is 13.3. The van der Waals surface area contributed by atoms with E-state index in [1.807, 2.05) is 50.2 Å². The minimum atomic E-state index is -0.323. The van der Waals surface area contributed by atoms with Crippen LogP contribution in [0.5, 0.6) is 5.75 Å². The third-order valence-electron chi connectivity index (χ3n) is 5.46. The van der Waals surface area contributed by atoms with E-state index in [1.165, 1.54) is 0 Å². The Hall–Kier alpha value is -4.19. The van der Waals surface area contributed by atoms with E-state index in [9.17, 15) is 9.59 Å². The van der Waals surface area contributed by atoms with Gasteiger partial charge in [-0.05, 0) is 62.7 Å². The second kappa shape index (κ2) is 9.12. The van der Waals surface area contributed by atoms with Crippen LogP contribution in [0.15, 0.2) is 77.6 Å². The zero-order valence-corrected chi connectivity index (χ0v) is 19.0. The van der Waals surface area contributed by atoms with E-state index in [1.54, 1.807) is 55.1 Å². The first kappa shape index (κ1) is 22.0. The Morgan fingerprint density at radius 2 is 1.42 bits per heavy atom. The van der Waals surface area contributed by atoms with Gasteiger partial charge < -0.3 is 10.1 Å². The molecule has 0 radical (unpaired) electrons. The lowest BCUT2D eigenvalue weighted by Crippen LogP contribution is -2.25. The van der Waals surface area contributed by atoms with E-state index in [-0.39, 0.29) is 11.3 Å². The fourth-order valence-electron chi connectivity index (χ4n) is 3.54. The molecule has 1 aromatic heterocycles. The lowest BCUT2D eigenvalue weighted by molar-refractivity contribution is 0.102. The fraction of sp³-hybridized carbons (Fsp3) is 0.148. The van der Waals surface area contributed by atoms with Gasteiger partial charge in [-0.3, -0.25) is 9.59 Å². The van der Waals surface area contributed by atoms with Crippen molar-refractivity contribution in [2.24, 2.45) is 0 Å². The van der Waals surface area contributed by atoms with E-state index < -0.39 is 0 Å². The number of ether oxygens (including phenoxy) is 1. The summed E-state index contributed by atoms with van der Waals surface area (Å²) in [5.41, 5.74) is 4.48. The summed E-state index contributed by atoms with van der Waals surface area (Å²) in [6, 6.07) is 22.2. The van der Waals surface area contributed by atoms with Crippen LogP contribution in [0.4, 0.5) is 5.82 Å². The number of aromatic nitrogens is 2. The molecule has 0 aliphatic rings. The van der Waals surface area contributed by atoms with Crippen LogP contribution in [0.25, 0.3) is 16.8 Å². The number of nitrogens with one attached hydrogen (secondary N) is 1. The minimum absolute atomic E-state index is 0.247. The number of hydrogen-bond donors (Lipinski definition) is 1. The SMILES string of the molecule is COc1ccc(-c2c(NC(=O)c3ccc(C)cc3)n(-c3ccc(C)cc3)nc(C)c2=O)cc1. The number of benzene rings is 3. The molecular weight excluding hydrogens is 414 g/mol. The Labute approximate surface area is 192 Å². The molecule has 0 saturated carbocycles. The molecule has 0 bridgehead atoms. The highest BCUT2D eigenvalue weighted by molar-refractivity contribution is 6.05. The van der Waals surface area contributed by atoms with Crippen LogP contribution in [-0.2, 0) is 0 Å². The van der Waals surface area contributed by atoms with Crippen molar-refractivity contribution in [2.45, 2.75) is 20.8 Å². The van der Waals surface area contributed by atoms with Gasteiger partial charge in [0, 0.05) is 5.56 Å². The van der Waals surface area contributed by atoms with Crippen molar-refractivity contribution >= 4 is 11.7 Å². The van der Waals surface area contributed by atoms with Crippen molar-refractivity contribution in [1.82, 2.24) is 9.78 Å². The number of carbonyl (C=O) groups excluding carboxylic acids is 1. The van der Waals surface area contributed by atoms with Crippen LogP contribution in [0.2, 0.25) is 0 Å². The molecule has 0 unspecified atom stereocenters. The van der Waals surface area contributed by atoms with Gasteiger partial charge in [0.1, 0.15) is 17.3 Å². The van der Waals surface area contributed by atoms with Crippen LogP contribution < -0.4 is 15.5 Å². The maximum absolute atomic E-state index is 13.3. The lowest BCUT2D eigenvalue weighted by Gasteiger charge is -2.19. The summed E-state index contributed by atoms with van der Waals surface area (Å²) in [5.74, 6) is 0.662. The quantitative estimate of drug-likeness (QED) is 0.470. The Kier molecular flexibility index (Phi) is 6.09. The molecule has 0 aliphatic heterocycles. The van der Waals surface area contributed by atoms with Crippen molar-refractivity contribution in [3.63, 3.8) is 0 Å². The molecule has 4 rings (SSSR count). The second-order valence-corrected chi connectivity index (χ2v) is 7.93. The molecule has 1 N–H and O–H groups in total. The van der Waals surface area contributed by atoms with Gasteiger partial charge in [-0.15, -0.1) is 0 Å². The topological polar surface area (TPSA) is 73.2 Å². The largest absolute Gasteiger partial charge is 0.497 e. The third-order valence-corrected chi connectivity index (χ3v) is 5.46. The number of aryl methyl sites for hydroxylation is 3. The molecule has 0 aliphatic carbocycles. The number of rotatable bonds is 5. The maximum Gasteiger partial charge on any atom is 0.256 e.